The Balaban J connectivity index is 3.18. The smallest absolute Gasteiger partial charge is 0.241 e. The first kappa shape index (κ1) is 17.1. The number of benzene rings is 1. The van der Waals surface area contributed by atoms with Crippen molar-refractivity contribution in [2.45, 2.75) is 45.2 Å². The summed E-state index contributed by atoms with van der Waals surface area (Å²) in [6.45, 7) is 8.00. The molecular formula is C14H23FN2O2S. The Morgan fingerprint density at radius 3 is 2.40 bits per heavy atom. The third kappa shape index (κ3) is 4.26. The lowest BCUT2D eigenvalue weighted by molar-refractivity contribution is 0.317. The number of nitrogens with one attached hydrogen (secondary N) is 2. The predicted molar refractivity (Wildman–Crippen MR) is 78.4 cm³/mol. The van der Waals surface area contributed by atoms with Crippen LogP contribution in [0.15, 0.2) is 23.1 Å². The van der Waals surface area contributed by atoms with Gasteiger partial charge >= 0.3 is 0 Å². The van der Waals surface area contributed by atoms with Gasteiger partial charge in [-0.25, -0.2) is 17.5 Å². The Hall–Kier alpha value is -0.980. The van der Waals surface area contributed by atoms with E-state index >= 15 is 0 Å². The van der Waals surface area contributed by atoms with Crippen LogP contribution < -0.4 is 10.0 Å². The van der Waals surface area contributed by atoms with Gasteiger partial charge in [0.1, 0.15) is 5.82 Å². The highest BCUT2D eigenvalue weighted by Gasteiger charge is 2.27. The monoisotopic (exact) mass is 302 g/mol. The van der Waals surface area contributed by atoms with Gasteiger partial charge in [0.25, 0.3) is 0 Å². The molecule has 1 rings (SSSR count). The summed E-state index contributed by atoms with van der Waals surface area (Å²) in [6, 6.07) is 3.55. The van der Waals surface area contributed by atoms with Gasteiger partial charge in [-0.2, -0.15) is 0 Å². The lowest BCUT2D eigenvalue weighted by Crippen LogP contribution is -2.41. The minimum absolute atomic E-state index is 0.0112. The summed E-state index contributed by atoms with van der Waals surface area (Å²) in [5, 5.41) is 2.88. The summed E-state index contributed by atoms with van der Waals surface area (Å²) in [5.74, 6) is -0.561. The molecule has 0 aliphatic heterocycles. The predicted octanol–water partition coefficient (Wildman–Crippen LogP) is 2.26. The van der Waals surface area contributed by atoms with Gasteiger partial charge in [-0.15, -0.1) is 0 Å². The van der Waals surface area contributed by atoms with Gasteiger partial charge in [-0.05, 0) is 37.1 Å². The van der Waals surface area contributed by atoms with Crippen molar-refractivity contribution in [1.82, 2.24) is 10.0 Å². The second kappa shape index (κ2) is 6.20. The zero-order chi connectivity index (χ0) is 15.6. The molecule has 1 aromatic rings. The zero-order valence-corrected chi connectivity index (χ0v) is 13.4. The molecule has 4 nitrogen and oxygen atoms in total. The fourth-order valence-corrected chi connectivity index (χ4v) is 3.29. The highest BCUT2D eigenvalue weighted by Crippen LogP contribution is 2.23. The molecule has 114 valence electrons. The SMILES string of the molecule is CNCc1ccc(F)cc1S(=O)(=O)NC(C)C(C)(C)C. The minimum Gasteiger partial charge on any atom is -0.316 e. The van der Waals surface area contributed by atoms with Gasteiger partial charge in [-0.3, -0.25) is 0 Å². The number of halogens is 1. The Morgan fingerprint density at radius 1 is 1.30 bits per heavy atom. The molecule has 1 unspecified atom stereocenters. The maximum Gasteiger partial charge on any atom is 0.241 e. The van der Waals surface area contributed by atoms with Gasteiger partial charge in [-0.1, -0.05) is 26.8 Å². The molecule has 0 aromatic heterocycles. The van der Waals surface area contributed by atoms with Gasteiger partial charge in [0, 0.05) is 12.6 Å². The summed E-state index contributed by atoms with van der Waals surface area (Å²) in [7, 11) is -2.03. The molecule has 0 saturated carbocycles. The molecule has 0 radical (unpaired) electrons. The molecule has 20 heavy (non-hydrogen) atoms. The second-order valence-electron chi connectivity index (χ2n) is 5.99. The molecule has 0 spiro atoms. The van der Waals surface area contributed by atoms with Gasteiger partial charge in [0.2, 0.25) is 10.0 Å². The second-order valence-corrected chi connectivity index (χ2v) is 7.67. The largest absolute Gasteiger partial charge is 0.316 e. The van der Waals surface area contributed by atoms with E-state index in [0.717, 1.165) is 6.07 Å². The highest BCUT2D eigenvalue weighted by molar-refractivity contribution is 7.89. The average molecular weight is 302 g/mol. The molecular weight excluding hydrogens is 279 g/mol. The molecule has 6 heteroatoms. The van der Waals surface area contributed by atoms with E-state index in [1.54, 1.807) is 14.0 Å². The van der Waals surface area contributed by atoms with E-state index in [9.17, 15) is 12.8 Å². The summed E-state index contributed by atoms with van der Waals surface area (Å²) in [5.41, 5.74) is 0.325. The van der Waals surface area contributed by atoms with E-state index in [-0.39, 0.29) is 16.4 Å². The van der Waals surface area contributed by atoms with E-state index in [0.29, 0.717) is 12.1 Å². The fraction of sp³-hybridized carbons (Fsp3) is 0.571. The van der Waals surface area contributed by atoms with Gasteiger partial charge in [0.15, 0.2) is 0 Å². The average Bonchev–Trinajstić information content (AvgIpc) is 2.30. The molecule has 0 heterocycles. The van der Waals surface area contributed by atoms with Crippen molar-refractivity contribution < 1.29 is 12.8 Å². The molecule has 1 aromatic carbocycles. The number of hydrogen-bond acceptors (Lipinski definition) is 3. The third-order valence-electron chi connectivity index (χ3n) is 3.32. The Labute approximate surface area is 120 Å². The molecule has 1 atom stereocenters. The molecule has 0 saturated heterocycles. The zero-order valence-electron chi connectivity index (χ0n) is 12.6. The van der Waals surface area contributed by atoms with Crippen molar-refractivity contribution in [2.75, 3.05) is 7.05 Å². The highest BCUT2D eigenvalue weighted by atomic mass is 32.2. The summed E-state index contributed by atoms with van der Waals surface area (Å²) in [6.07, 6.45) is 0. The summed E-state index contributed by atoms with van der Waals surface area (Å²) in [4.78, 5) is -0.0112. The lowest BCUT2D eigenvalue weighted by Gasteiger charge is -2.28. The van der Waals surface area contributed by atoms with Crippen molar-refractivity contribution in [3.05, 3.63) is 29.6 Å². The van der Waals surface area contributed by atoms with Gasteiger partial charge < -0.3 is 5.32 Å². The van der Waals surface area contributed by atoms with Crippen molar-refractivity contribution in [2.24, 2.45) is 5.41 Å². The van der Waals surface area contributed by atoms with Crippen LogP contribution in [0.3, 0.4) is 0 Å². The van der Waals surface area contributed by atoms with Crippen LogP contribution in [0.25, 0.3) is 0 Å². The molecule has 0 aliphatic rings. The standard InChI is InChI=1S/C14H23FN2O2S/c1-10(14(2,3)4)17-20(18,19)13-8-12(15)7-6-11(13)9-16-5/h6-8,10,16-17H,9H2,1-5H3. The molecule has 0 amide bonds. The van der Waals surface area contributed by atoms with E-state index in [2.05, 4.69) is 10.0 Å². The van der Waals surface area contributed by atoms with E-state index in [4.69, 9.17) is 0 Å². The van der Waals surface area contributed by atoms with Gasteiger partial charge in [0.05, 0.1) is 4.90 Å². The molecule has 2 N–H and O–H groups in total. The van der Waals surface area contributed by atoms with E-state index in [1.807, 2.05) is 20.8 Å². The van der Waals surface area contributed by atoms with Crippen LogP contribution in [0.1, 0.15) is 33.3 Å². The fourth-order valence-electron chi connectivity index (χ4n) is 1.59. The van der Waals surface area contributed by atoms with Crippen molar-refractivity contribution >= 4 is 10.0 Å². The summed E-state index contributed by atoms with van der Waals surface area (Å²) < 4.78 is 40.9. The van der Waals surface area contributed by atoms with Crippen LogP contribution in [0, 0.1) is 11.2 Å². The van der Waals surface area contributed by atoms with Crippen molar-refractivity contribution in [1.29, 1.82) is 0 Å². The summed E-state index contributed by atoms with van der Waals surface area (Å²) >= 11 is 0. The lowest BCUT2D eigenvalue weighted by atomic mass is 9.89. The van der Waals surface area contributed by atoms with Crippen LogP contribution in [-0.4, -0.2) is 21.5 Å². The first-order valence-electron chi connectivity index (χ1n) is 6.53. The normalized spacial score (nSPS) is 14.3. The number of sulfonamides is 1. The molecule has 0 aliphatic carbocycles. The van der Waals surface area contributed by atoms with Crippen LogP contribution in [0.4, 0.5) is 4.39 Å². The third-order valence-corrected chi connectivity index (χ3v) is 4.94. The van der Waals surface area contributed by atoms with Crippen molar-refractivity contribution in [3.8, 4) is 0 Å². The quantitative estimate of drug-likeness (QED) is 0.877. The van der Waals surface area contributed by atoms with Crippen molar-refractivity contribution in [3.63, 3.8) is 0 Å². The molecule has 0 fully saturated rings. The number of rotatable bonds is 5. The minimum atomic E-state index is -3.75. The maximum absolute atomic E-state index is 13.4. The van der Waals surface area contributed by atoms with Crippen LogP contribution in [0.2, 0.25) is 0 Å². The maximum atomic E-state index is 13.4. The first-order valence-corrected chi connectivity index (χ1v) is 8.01. The Bertz CT molecular complexity index is 565. The first-order chi connectivity index (χ1) is 9.08. The van der Waals surface area contributed by atoms with E-state index < -0.39 is 15.8 Å². The Morgan fingerprint density at radius 2 is 1.90 bits per heavy atom. The van der Waals surface area contributed by atoms with Crippen LogP contribution in [-0.2, 0) is 16.6 Å². The number of hydrogen-bond donors (Lipinski definition) is 2. The van der Waals surface area contributed by atoms with Crippen LogP contribution >= 0.6 is 0 Å². The Kier molecular flexibility index (Phi) is 5.29. The van der Waals surface area contributed by atoms with E-state index in [1.165, 1.54) is 12.1 Å². The molecule has 0 bridgehead atoms. The topological polar surface area (TPSA) is 58.2 Å². The van der Waals surface area contributed by atoms with Crippen LogP contribution in [0.5, 0.6) is 0 Å².